The van der Waals surface area contributed by atoms with E-state index in [9.17, 15) is 18.0 Å². The lowest BCUT2D eigenvalue weighted by Gasteiger charge is -2.53. The fourth-order valence-electron chi connectivity index (χ4n) is 4.44. The number of hydrogen-bond acceptors (Lipinski definition) is 7. The second-order valence-corrected chi connectivity index (χ2v) is 16.3. The molecule has 12 heteroatoms. The first-order valence-electron chi connectivity index (χ1n) is 12.3. The number of fused-ring (bicyclic) bond motifs is 1. The van der Waals surface area contributed by atoms with Crippen molar-refractivity contribution in [1.82, 2.24) is 15.0 Å². The van der Waals surface area contributed by atoms with Gasteiger partial charge in [-0.25, -0.2) is 17.9 Å². The third-order valence-electron chi connectivity index (χ3n) is 7.43. The van der Waals surface area contributed by atoms with Crippen LogP contribution in [0.3, 0.4) is 0 Å². The van der Waals surface area contributed by atoms with Crippen molar-refractivity contribution in [2.75, 3.05) is 6.61 Å². The zero-order chi connectivity index (χ0) is 27.3. The lowest BCUT2D eigenvalue weighted by Crippen LogP contribution is -2.64. The molecule has 2 saturated heterocycles. The molecule has 0 amide bonds. The van der Waals surface area contributed by atoms with Gasteiger partial charge in [0.2, 0.25) is 0 Å². The smallest absolute Gasteiger partial charge is 0.194 e. The van der Waals surface area contributed by atoms with Gasteiger partial charge in [0.1, 0.15) is 30.2 Å². The molecular weight excluding hydrogens is 507 g/mol. The Morgan fingerprint density at radius 1 is 1.22 bits per heavy atom. The lowest BCUT2D eigenvalue weighted by molar-refractivity contribution is -0.347. The zero-order valence-electron chi connectivity index (χ0n) is 22.1. The van der Waals surface area contributed by atoms with Gasteiger partial charge in [-0.05, 0) is 44.1 Å². The van der Waals surface area contributed by atoms with Crippen molar-refractivity contribution in [3.63, 3.8) is 0 Å². The van der Waals surface area contributed by atoms with Crippen molar-refractivity contribution in [3.8, 4) is 11.3 Å². The Labute approximate surface area is 215 Å². The number of ether oxygens (including phenoxy) is 3. The van der Waals surface area contributed by atoms with Gasteiger partial charge in [0.15, 0.2) is 31.6 Å². The van der Waals surface area contributed by atoms with E-state index in [1.54, 1.807) is 13.8 Å². The van der Waals surface area contributed by atoms with Gasteiger partial charge in [-0.15, -0.1) is 5.10 Å². The molecule has 204 valence electrons. The molecule has 37 heavy (non-hydrogen) atoms. The average Bonchev–Trinajstić information content (AvgIpc) is 3.26. The van der Waals surface area contributed by atoms with Gasteiger partial charge in [0.25, 0.3) is 0 Å². The number of carbonyl (C=O) groups is 1. The van der Waals surface area contributed by atoms with E-state index in [4.69, 9.17) is 18.6 Å². The number of halogens is 3. The maximum atomic E-state index is 13.9. The first-order valence-corrected chi connectivity index (χ1v) is 15.2. The van der Waals surface area contributed by atoms with Crippen LogP contribution in [0.4, 0.5) is 13.2 Å². The standard InChI is InChI=1S/C25H34F3N3O5Si/c1-24(2,3)37(6,7)36-23-18(8-9-32)34-19-13-33-25(4,5)35-22(19)21(23)31-12-17(29-30-31)14-10-15(26)20(28)16(27)11-14/h9-12,18-19,21-23H,8,13H2,1-7H3/t18-,19-,21+,22+,23+/m1/s1. The van der Waals surface area contributed by atoms with Crippen LogP contribution in [0, 0.1) is 17.5 Å². The van der Waals surface area contributed by atoms with Crippen molar-refractivity contribution in [1.29, 1.82) is 0 Å². The van der Waals surface area contributed by atoms with Crippen LogP contribution in [-0.4, -0.2) is 66.4 Å². The Kier molecular flexibility index (Phi) is 7.45. The summed E-state index contributed by atoms with van der Waals surface area (Å²) in [4.78, 5) is 11.6. The first kappa shape index (κ1) is 27.9. The van der Waals surface area contributed by atoms with Crippen LogP contribution >= 0.6 is 0 Å². The fraction of sp³-hybridized carbons (Fsp3) is 0.640. The largest absolute Gasteiger partial charge is 0.409 e. The number of aldehydes is 1. The highest BCUT2D eigenvalue weighted by Crippen LogP contribution is 2.45. The maximum Gasteiger partial charge on any atom is 0.194 e. The molecule has 5 atom stereocenters. The Bertz CT molecular complexity index is 1130. The van der Waals surface area contributed by atoms with Gasteiger partial charge in [-0.1, -0.05) is 26.0 Å². The molecule has 1 aromatic carbocycles. The predicted molar refractivity (Wildman–Crippen MR) is 131 cm³/mol. The molecule has 2 fully saturated rings. The average molecular weight is 542 g/mol. The van der Waals surface area contributed by atoms with E-state index in [0.29, 0.717) is 0 Å². The summed E-state index contributed by atoms with van der Waals surface area (Å²) < 4.78 is 68.2. The van der Waals surface area contributed by atoms with E-state index in [1.165, 1.54) is 10.9 Å². The fourth-order valence-corrected chi connectivity index (χ4v) is 5.76. The number of carbonyl (C=O) groups excluding carboxylic acids is 1. The summed E-state index contributed by atoms with van der Waals surface area (Å²) in [5.41, 5.74) is 0.177. The molecule has 0 radical (unpaired) electrons. The Balaban J connectivity index is 1.80. The van der Waals surface area contributed by atoms with E-state index in [0.717, 1.165) is 18.4 Å². The molecule has 2 aromatic rings. The minimum atomic E-state index is -2.39. The van der Waals surface area contributed by atoms with Gasteiger partial charge in [-0.3, -0.25) is 0 Å². The highest BCUT2D eigenvalue weighted by molar-refractivity contribution is 6.74. The molecule has 0 N–H and O–H groups in total. The van der Waals surface area contributed by atoms with Crippen molar-refractivity contribution >= 4 is 14.6 Å². The topological polar surface area (TPSA) is 84.7 Å². The molecule has 8 nitrogen and oxygen atoms in total. The molecular formula is C25H34F3N3O5Si. The van der Waals surface area contributed by atoms with E-state index < -0.39 is 62.0 Å². The van der Waals surface area contributed by atoms with Crippen LogP contribution in [0.25, 0.3) is 11.3 Å². The van der Waals surface area contributed by atoms with E-state index >= 15 is 0 Å². The number of rotatable bonds is 6. The van der Waals surface area contributed by atoms with Gasteiger partial charge >= 0.3 is 0 Å². The van der Waals surface area contributed by atoms with Gasteiger partial charge in [0.05, 0.1) is 25.0 Å². The molecule has 0 spiro atoms. The third-order valence-corrected chi connectivity index (χ3v) is 11.9. The summed E-state index contributed by atoms with van der Waals surface area (Å²) >= 11 is 0. The molecule has 0 bridgehead atoms. The highest BCUT2D eigenvalue weighted by atomic mass is 28.4. The minimum absolute atomic E-state index is 0.0331. The van der Waals surface area contributed by atoms with E-state index in [1.807, 2.05) is 0 Å². The second-order valence-electron chi connectivity index (χ2n) is 11.6. The van der Waals surface area contributed by atoms with Crippen LogP contribution in [0.2, 0.25) is 18.1 Å². The van der Waals surface area contributed by atoms with Crippen molar-refractivity contribution in [2.24, 2.45) is 0 Å². The van der Waals surface area contributed by atoms with Crippen LogP contribution < -0.4 is 0 Å². The molecule has 3 heterocycles. The minimum Gasteiger partial charge on any atom is -0.409 e. The molecule has 0 saturated carbocycles. The maximum absolute atomic E-state index is 13.9. The van der Waals surface area contributed by atoms with Crippen LogP contribution in [-0.2, 0) is 23.4 Å². The van der Waals surface area contributed by atoms with Crippen molar-refractivity contribution in [2.45, 2.75) is 95.4 Å². The van der Waals surface area contributed by atoms with Crippen LogP contribution in [0.15, 0.2) is 18.3 Å². The Morgan fingerprint density at radius 2 is 1.86 bits per heavy atom. The van der Waals surface area contributed by atoms with E-state index in [2.05, 4.69) is 44.2 Å². The Hall–Kier alpha value is -2.12. The van der Waals surface area contributed by atoms with Crippen molar-refractivity contribution in [3.05, 3.63) is 35.8 Å². The second kappa shape index (κ2) is 9.88. The molecule has 4 rings (SSSR count). The summed E-state index contributed by atoms with van der Waals surface area (Å²) in [5, 5.41) is 8.24. The number of nitrogens with zero attached hydrogens (tertiary/aromatic N) is 3. The highest BCUT2D eigenvalue weighted by Gasteiger charge is 2.55. The van der Waals surface area contributed by atoms with E-state index in [-0.39, 0.29) is 29.3 Å². The monoisotopic (exact) mass is 541 g/mol. The number of benzene rings is 1. The lowest BCUT2D eigenvalue weighted by atomic mass is 9.90. The van der Waals surface area contributed by atoms with Crippen molar-refractivity contribution < 1.29 is 36.6 Å². The first-order chi connectivity index (χ1) is 17.1. The van der Waals surface area contributed by atoms with Gasteiger partial charge in [0, 0.05) is 12.0 Å². The molecule has 1 aromatic heterocycles. The number of hydrogen-bond donors (Lipinski definition) is 0. The molecule has 2 aliphatic heterocycles. The summed E-state index contributed by atoms with van der Waals surface area (Å²) in [7, 11) is -2.39. The molecule has 0 unspecified atom stereocenters. The predicted octanol–water partition coefficient (Wildman–Crippen LogP) is 4.80. The molecule has 2 aliphatic rings. The van der Waals surface area contributed by atoms with Crippen LogP contribution in [0.1, 0.15) is 47.1 Å². The van der Waals surface area contributed by atoms with Crippen LogP contribution in [0.5, 0.6) is 0 Å². The van der Waals surface area contributed by atoms with Gasteiger partial charge in [-0.2, -0.15) is 0 Å². The summed E-state index contributed by atoms with van der Waals surface area (Å²) in [5.74, 6) is -5.12. The number of aromatic nitrogens is 3. The summed E-state index contributed by atoms with van der Waals surface area (Å²) in [6.45, 7) is 14.3. The summed E-state index contributed by atoms with van der Waals surface area (Å²) in [6.07, 6.45) is 0.0315. The Morgan fingerprint density at radius 3 is 2.46 bits per heavy atom. The summed E-state index contributed by atoms with van der Waals surface area (Å²) in [6, 6.07) is 1.14. The normalized spacial score (nSPS) is 28.1. The molecule has 0 aliphatic carbocycles. The SMILES string of the molecule is CC1(C)OC[C@H]2O[C@H](CC=O)[C@H](O[Si](C)(C)C(C)(C)C)[C@@H](n3cc(-c4cc(F)c(F)c(F)c4)nn3)[C@H]2O1. The third kappa shape index (κ3) is 5.53. The zero-order valence-corrected chi connectivity index (χ0v) is 23.1. The van der Waals surface area contributed by atoms with Gasteiger partial charge < -0.3 is 23.4 Å². The quantitative estimate of drug-likeness (QED) is 0.295.